The van der Waals surface area contributed by atoms with E-state index in [-0.39, 0.29) is 11.8 Å². The Morgan fingerprint density at radius 2 is 2.00 bits per heavy atom. The highest BCUT2D eigenvalue weighted by molar-refractivity contribution is 5.83. The molecule has 0 bridgehead atoms. The monoisotopic (exact) mass is 294 g/mol. The predicted octanol–water partition coefficient (Wildman–Crippen LogP) is 1.83. The van der Waals surface area contributed by atoms with Crippen LogP contribution in [0.3, 0.4) is 0 Å². The Labute approximate surface area is 114 Å². The third-order valence-electron chi connectivity index (χ3n) is 4.09. The summed E-state index contributed by atoms with van der Waals surface area (Å²) < 4.78 is 36.1. The molecule has 2 rings (SSSR count). The second-order valence-corrected chi connectivity index (χ2v) is 5.39. The molecule has 2 amide bonds. The van der Waals surface area contributed by atoms with E-state index in [1.165, 1.54) is 4.90 Å². The summed E-state index contributed by atoms with van der Waals surface area (Å²) in [5, 5.41) is 11.4. The lowest BCUT2D eigenvalue weighted by atomic mass is 9.94. The number of fused-ring (bicyclic) bond motifs is 1. The fourth-order valence-electron chi connectivity index (χ4n) is 3.24. The van der Waals surface area contributed by atoms with Crippen molar-refractivity contribution < 1.29 is 27.9 Å². The van der Waals surface area contributed by atoms with Gasteiger partial charge in [-0.15, -0.1) is 0 Å². The average molecular weight is 294 g/mol. The molecule has 1 heterocycles. The molecule has 2 aliphatic rings. The molecule has 5 nitrogen and oxygen atoms in total. The Hall–Kier alpha value is -1.47. The summed E-state index contributed by atoms with van der Waals surface area (Å²) in [6.07, 6.45) is -2.87. The van der Waals surface area contributed by atoms with Gasteiger partial charge in [0.15, 0.2) is 0 Å². The highest BCUT2D eigenvalue weighted by Crippen LogP contribution is 2.42. The van der Waals surface area contributed by atoms with Crippen molar-refractivity contribution >= 4 is 12.0 Å². The van der Waals surface area contributed by atoms with Crippen molar-refractivity contribution in [1.29, 1.82) is 0 Å². The van der Waals surface area contributed by atoms with Crippen LogP contribution in [0.15, 0.2) is 0 Å². The number of nitrogens with zero attached hydrogens (tertiary/aromatic N) is 1. The van der Waals surface area contributed by atoms with Gasteiger partial charge in [-0.2, -0.15) is 13.2 Å². The quantitative estimate of drug-likeness (QED) is 0.834. The van der Waals surface area contributed by atoms with Crippen molar-refractivity contribution in [3.8, 4) is 0 Å². The van der Waals surface area contributed by atoms with Crippen molar-refractivity contribution in [2.24, 2.45) is 11.8 Å². The number of likely N-dealkylation sites (tertiary alicyclic amines) is 1. The summed E-state index contributed by atoms with van der Waals surface area (Å²) in [5.41, 5.74) is 0. The van der Waals surface area contributed by atoms with Crippen LogP contribution in [0.2, 0.25) is 0 Å². The molecule has 114 valence electrons. The van der Waals surface area contributed by atoms with E-state index in [0.717, 1.165) is 19.3 Å². The maximum Gasteiger partial charge on any atom is 0.390 e. The molecular weight excluding hydrogens is 277 g/mol. The summed E-state index contributed by atoms with van der Waals surface area (Å²) in [4.78, 5) is 24.3. The van der Waals surface area contributed by atoms with E-state index in [9.17, 15) is 27.9 Å². The second kappa shape index (κ2) is 5.49. The van der Waals surface area contributed by atoms with E-state index in [4.69, 9.17) is 0 Å². The zero-order valence-corrected chi connectivity index (χ0v) is 10.8. The Balaban J connectivity index is 1.93. The normalized spacial score (nSPS) is 29.4. The molecule has 3 unspecified atom stereocenters. The Morgan fingerprint density at radius 1 is 1.30 bits per heavy atom. The van der Waals surface area contributed by atoms with E-state index in [2.05, 4.69) is 5.32 Å². The molecule has 3 atom stereocenters. The van der Waals surface area contributed by atoms with Crippen LogP contribution in [0.4, 0.5) is 18.0 Å². The Morgan fingerprint density at radius 3 is 2.60 bits per heavy atom. The van der Waals surface area contributed by atoms with Crippen molar-refractivity contribution in [3.05, 3.63) is 0 Å². The van der Waals surface area contributed by atoms with Gasteiger partial charge in [-0.25, -0.2) is 9.59 Å². The zero-order chi connectivity index (χ0) is 14.9. The van der Waals surface area contributed by atoms with E-state index >= 15 is 0 Å². The first-order valence-corrected chi connectivity index (χ1v) is 6.63. The number of hydrogen-bond acceptors (Lipinski definition) is 2. The van der Waals surface area contributed by atoms with Gasteiger partial charge in [0.05, 0.1) is 6.42 Å². The molecule has 1 saturated heterocycles. The lowest BCUT2D eigenvalue weighted by Crippen LogP contribution is -2.48. The minimum Gasteiger partial charge on any atom is -0.480 e. The van der Waals surface area contributed by atoms with Gasteiger partial charge in [0.25, 0.3) is 0 Å². The number of hydrogen-bond donors (Lipinski definition) is 2. The van der Waals surface area contributed by atoms with Crippen LogP contribution in [-0.2, 0) is 4.79 Å². The Kier molecular flexibility index (Phi) is 4.10. The number of aliphatic carboxylic acids is 1. The smallest absolute Gasteiger partial charge is 0.390 e. The van der Waals surface area contributed by atoms with Gasteiger partial charge in [0.1, 0.15) is 6.04 Å². The van der Waals surface area contributed by atoms with Gasteiger partial charge in [-0.1, -0.05) is 6.42 Å². The lowest BCUT2D eigenvalue weighted by molar-refractivity contribution is -0.143. The van der Waals surface area contributed by atoms with Crippen LogP contribution in [0.1, 0.15) is 25.7 Å². The molecule has 0 spiro atoms. The summed E-state index contributed by atoms with van der Waals surface area (Å²) in [5.74, 6) is -0.990. The third kappa shape index (κ3) is 3.16. The SMILES string of the molecule is O=C(O)C1C2CCCC2CN1C(=O)NCCC(F)(F)F. The molecule has 1 saturated carbocycles. The van der Waals surface area contributed by atoms with Gasteiger partial charge in [-0.3, -0.25) is 0 Å². The largest absolute Gasteiger partial charge is 0.480 e. The highest BCUT2D eigenvalue weighted by atomic mass is 19.4. The zero-order valence-electron chi connectivity index (χ0n) is 10.8. The van der Waals surface area contributed by atoms with Crippen LogP contribution in [0.25, 0.3) is 0 Å². The number of carbonyl (C=O) groups is 2. The van der Waals surface area contributed by atoms with E-state index in [0.29, 0.717) is 6.54 Å². The van der Waals surface area contributed by atoms with Crippen LogP contribution >= 0.6 is 0 Å². The number of urea groups is 1. The summed E-state index contributed by atoms with van der Waals surface area (Å²) >= 11 is 0. The molecule has 2 N–H and O–H groups in total. The van der Waals surface area contributed by atoms with Crippen molar-refractivity contribution in [2.75, 3.05) is 13.1 Å². The molecule has 0 aromatic rings. The number of amides is 2. The molecular formula is C12H17F3N2O3. The number of rotatable bonds is 3. The van der Waals surface area contributed by atoms with Gasteiger partial charge < -0.3 is 15.3 Å². The Bertz CT molecular complexity index is 400. The first kappa shape index (κ1) is 14.9. The topological polar surface area (TPSA) is 69.6 Å². The number of carboxylic acids is 1. The molecule has 0 radical (unpaired) electrons. The van der Waals surface area contributed by atoms with Gasteiger partial charge >= 0.3 is 18.2 Å². The fourth-order valence-corrected chi connectivity index (χ4v) is 3.24. The van der Waals surface area contributed by atoms with Crippen LogP contribution in [-0.4, -0.2) is 47.3 Å². The lowest BCUT2D eigenvalue weighted by Gasteiger charge is -2.24. The maximum atomic E-state index is 12.0. The summed E-state index contributed by atoms with van der Waals surface area (Å²) in [6.45, 7) is -0.208. The second-order valence-electron chi connectivity index (χ2n) is 5.39. The number of nitrogens with one attached hydrogen (secondary N) is 1. The molecule has 20 heavy (non-hydrogen) atoms. The van der Waals surface area contributed by atoms with Crippen LogP contribution in [0, 0.1) is 11.8 Å². The van der Waals surface area contributed by atoms with Crippen molar-refractivity contribution in [3.63, 3.8) is 0 Å². The van der Waals surface area contributed by atoms with Crippen LogP contribution in [0.5, 0.6) is 0 Å². The summed E-state index contributed by atoms with van der Waals surface area (Å²) in [7, 11) is 0. The van der Waals surface area contributed by atoms with Crippen molar-refractivity contribution in [2.45, 2.75) is 37.9 Å². The number of alkyl halides is 3. The predicted molar refractivity (Wildman–Crippen MR) is 63.0 cm³/mol. The molecule has 0 aromatic carbocycles. The molecule has 1 aliphatic carbocycles. The molecule has 1 aliphatic heterocycles. The standard InChI is InChI=1S/C12H17F3N2O3/c13-12(14,15)4-5-16-11(20)17-6-7-2-1-3-8(7)9(17)10(18)19/h7-9H,1-6H2,(H,16,20)(H,18,19). The average Bonchev–Trinajstić information content (AvgIpc) is 2.84. The third-order valence-corrected chi connectivity index (χ3v) is 4.09. The first-order chi connectivity index (χ1) is 9.29. The number of halogens is 3. The van der Waals surface area contributed by atoms with E-state index in [1.807, 2.05) is 0 Å². The molecule has 8 heteroatoms. The maximum absolute atomic E-state index is 12.0. The number of carboxylic acid groups (broad SMARTS) is 1. The van der Waals surface area contributed by atoms with Crippen molar-refractivity contribution in [1.82, 2.24) is 10.2 Å². The van der Waals surface area contributed by atoms with E-state index < -0.39 is 37.2 Å². The first-order valence-electron chi connectivity index (χ1n) is 6.63. The van der Waals surface area contributed by atoms with Gasteiger partial charge in [0, 0.05) is 13.1 Å². The van der Waals surface area contributed by atoms with Crippen LogP contribution < -0.4 is 5.32 Å². The minimum atomic E-state index is -4.33. The highest BCUT2D eigenvalue weighted by Gasteiger charge is 2.49. The van der Waals surface area contributed by atoms with Gasteiger partial charge in [0.2, 0.25) is 0 Å². The molecule has 2 fully saturated rings. The van der Waals surface area contributed by atoms with Gasteiger partial charge in [-0.05, 0) is 24.7 Å². The molecule has 0 aromatic heterocycles. The fraction of sp³-hybridized carbons (Fsp3) is 0.833. The van der Waals surface area contributed by atoms with E-state index in [1.54, 1.807) is 0 Å². The summed E-state index contributed by atoms with van der Waals surface area (Å²) in [6, 6.07) is -1.62. The number of carbonyl (C=O) groups excluding carboxylic acids is 1. The minimum absolute atomic E-state index is 0.0686.